The number of aliphatic hydroxyl groups excluding tert-OH is 1. The molecule has 0 amide bonds. The maximum Gasteiger partial charge on any atom is 0.0613 e. The minimum atomic E-state index is -0.00843. The van der Waals surface area contributed by atoms with Crippen LogP contribution in [0, 0.1) is 5.92 Å². The summed E-state index contributed by atoms with van der Waals surface area (Å²) in [6, 6.07) is 0.669. The van der Waals surface area contributed by atoms with E-state index in [1.165, 1.54) is 51.4 Å². The van der Waals surface area contributed by atoms with E-state index in [4.69, 9.17) is 0 Å². The van der Waals surface area contributed by atoms with Crippen LogP contribution in [0.15, 0.2) is 0 Å². The van der Waals surface area contributed by atoms with Crippen molar-refractivity contribution in [1.82, 2.24) is 5.32 Å². The molecule has 2 N–H and O–H groups in total. The summed E-state index contributed by atoms with van der Waals surface area (Å²) in [4.78, 5) is 0. The fourth-order valence-corrected chi connectivity index (χ4v) is 3.39. The van der Waals surface area contributed by atoms with Gasteiger partial charge in [-0.2, -0.15) is 0 Å². The zero-order chi connectivity index (χ0) is 10.7. The van der Waals surface area contributed by atoms with E-state index in [-0.39, 0.29) is 5.54 Å². The van der Waals surface area contributed by atoms with Crippen LogP contribution in [-0.2, 0) is 0 Å². The SMILES string of the molecule is CC(CO)(NC1CCCC1)C1CCCC1. The summed E-state index contributed by atoms with van der Waals surface area (Å²) in [5.74, 6) is 0.697. The van der Waals surface area contributed by atoms with Crippen LogP contribution in [0.2, 0.25) is 0 Å². The van der Waals surface area contributed by atoms with E-state index in [1.807, 2.05) is 0 Å². The van der Waals surface area contributed by atoms with Gasteiger partial charge >= 0.3 is 0 Å². The molecule has 2 nitrogen and oxygen atoms in total. The molecule has 1 unspecified atom stereocenters. The van der Waals surface area contributed by atoms with Crippen molar-refractivity contribution in [3.8, 4) is 0 Å². The van der Waals surface area contributed by atoms with Gasteiger partial charge in [0.2, 0.25) is 0 Å². The Hall–Kier alpha value is -0.0800. The van der Waals surface area contributed by atoms with Crippen LogP contribution < -0.4 is 5.32 Å². The number of rotatable bonds is 4. The van der Waals surface area contributed by atoms with Crippen molar-refractivity contribution in [1.29, 1.82) is 0 Å². The molecule has 2 heteroatoms. The summed E-state index contributed by atoms with van der Waals surface area (Å²) in [6.45, 7) is 2.52. The van der Waals surface area contributed by atoms with Crippen LogP contribution in [-0.4, -0.2) is 23.3 Å². The van der Waals surface area contributed by atoms with Crippen LogP contribution >= 0.6 is 0 Å². The highest BCUT2D eigenvalue weighted by molar-refractivity contribution is 4.95. The monoisotopic (exact) mass is 211 g/mol. The van der Waals surface area contributed by atoms with Crippen molar-refractivity contribution in [2.45, 2.75) is 69.9 Å². The summed E-state index contributed by atoms with van der Waals surface area (Å²) in [5, 5.41) is 13.4. The normalized spacial score (nSPS) is 28.4. The lowest BCUT2D eigenvalue weighted by molar-refractivity contribution is 0.108. The summed E-state index contributed by atoms with van der Waals surface area (Å²) in [5.41, 5.74) is -0.00843. The Morgan fingerprint density at radius 1 is 1.07 bits per heavy atom. The number of aliphatic hydroxyl groups is 1. The van der Waals surface area contributed by atoms with E-state index in [0.717, 1.165) is 0 Å². The largest absolute Gasteiger partial charge is 0.394 e. The molecule has 0 saturated heterocycles. The van der Waals surface area contributed by atoms with Gasteiger partial charge in [0.15, 0.2) is 0 Å². The van der Waals surface area contributed by atoms with Gasteiger partial charge in [-0.05, 0) is 38.5 Å². The van der Waals surface area contributed by atoms with Crippen LogP contribution in [0.25, 0.3) is 0 Å². The molecule has 2 rings (SSSR count). The van der Waals surface area contributed by atoms with E-state index < -0.39 is 0 Å². The first-order valence-corrected chi connectivity index (χ1v) is 6.63. The molecular weight excluding hydrogens is 186 g/mol. The van der Waals surface area contributed by atoms with Crippen molar-refractivity contribution < 1.29 is 5.11 Å². The van der Waals surface area contributed by atoms with Crippen molar-refractivity contribution >= 4 is 0 Å². The average Bonchev–Trinajstić information content (AvgIpc) is 2.89. The summed E-state index contributed by atoms with van der Waals surface area (Å²) in [7, 11) is 0. The minimum absolute atomic E-state index is 0.00843. The second-order valence-corrected chi connectivity index (χ2v) is 5.68. The Bertz CT molecular complexity index is 195. The molecule has 0 bridgehead atoms. The van der Waals surface area contributed by atoms with E-state index in [0.29, 0.717) is 18.6 Å². The van der Waals surface area contributed by atoms with Crippen LogP contribution in [0.5, 0.6) is 0 Å². The molecule has 2 fully saturated rings. The van der Waals surface area contributed by atoms with Gasteiger partial charge in [-0.15, -0.1) is 0 Å². The molecule has 1 atom stereocenters. The van der Waals surface area contributed by atoms with Crippen molar-refractivity contribution in [2.24, 2.45) is 5.92 Å². The summed E-state index contributed by atoms with van der Waals surface area (Å²) < 4.78 is 0. The zero-order valence-electron chi connectivity index (χ0n) is 9.97. The minimum Gasteiger partial charge on any atom is -0.394 e. The topological polar surface area (TPSA) is 32.3 Å². The fourth-order valence-electron chi connectivity index (χ4n) is 3.39. The van der Waals surface area contributed by atoms with Gasteiger partial charge in [-0.3, -0.25) is 0 Å². The Labute approximate surface area is 93.5 Å². The Morgan fingerprint density at radius 3 is 2.13 bits per heavy atom. The maximum atomic E-state index is 9.64. The molecule has 0 heterocycles. The third-order valence-corrected chi connectivity index (χ3v) is 4.47. The first-order chi connectivity index (χ1) is 7.24. The summed E-state index contributed by atoms with van der Waals surface area (Å²) >= 11 is 0. The lowest BCUT2D eigenvalue weighted by Gasteiger charge is -2.37. The number of hydrogen-bond donors (Lipinski definition) is 2. The fraction of sp³-hybridized carbons (Fsp3) is 1.00. The van der Waals surface area contributed by atoms with E-state index in [9.17, 15) is 5.11 Å². The molecule has 2 aliphatic carbocycles. The second-order valence-electron chi connectivity index (χ2n) is 5.68. The molecule has 0 aliphatic heterocycles. The Balaban J connectivity index is 1.93. The molecular formula is C13H25NO. The summed E-state index contributed by atoms with van der Waals surface area (Å²) in [6.07, 6.45) is 10.7. The predicted octanol–water partition coefficient (Wildman–Crippen LogP) is 2.46. The van der Waals surface area contributed by atoms with Crippen LogP contribution in [0.1, 0.15) is 58.3 Å². The molecule has 2 saturated carbocycles. The lowest BCUT2D eigenvalue weighted by atomic mass is 9.84. The molecule has 2 aliphatic rings. The highest BCUT2D eigenvalue weighted by Gasteiger charge is 2.37. The highest BCUT2D eigenvalue weighted by atomic mass is 16.3. The standard InChI is InChI=1S/C13H25NO/c1-13(10-15,11-6-2-3-7-11)14-12-8-4-5-9-12/h11-12,14-15H,2-10H2,1H3. The first-order valence-electron chi connectivity index (χ1n) is 6.63. The van der Waals surface area contributed by atoms with E-state index in [2.05, 4.69) is 12.2 Å². The van der Waals surface area contributed by atoms with Gasteiger partial charge < -0.3 is 10.4 Å². The van der Waals surface area contributed by atoms with Gasteiger partial charge in [0, 0.05) is 11.6 Å². The number of hydrogen-bond acceptors (Lipinski definition) is 2. The van der Waals surface area contributed by atoms with E-state index in [1.54, 1.807) is 0 Å². The Kier molecular flexibility index (Phi) is 3.68. The second kappa shape index (κ2) is 4.84. The average molecular weight is 211 g/mol. The molecule has 0 radical (unpaired) electrons. The smallest absolute Gasteiger partial charge is 0.0613 e. The first kappa shape index (κ1) is 11.4. The van der Waals surface area contributed by atoms with Crippen LogP contribution in [0.3, 0.4) is 0 Å². The molecule has 0 aromatic rings. The van der Waals surface area contributed by atoms with Crippen molar-refractivity contribution in [3.63, 3.8) is 0 Å². The van der Waals surface area contributed by atoms with Gasteiger partial charge in [0.05, 0.1) is 6.61 Å². The van der Waals surface area contributed by atoms with Crippen molar-refractivity contribution in [3.05, 3.63) is 0 Å². The molecule has 88 valence electrons. The van der Waals surface area contributed by atoms with E-state index >= 15 is 0 Å². The number of nitrogens with one attached hydrogen (secondary N) is 1. The maximum absolute atomic E-state index is 9.64. The zero-order valence-corrected chi connectivity index (χ0v) is 9.97. The molecule has 0 aromatic carbocycles. The van der Waals surface area contributed by atoms with Gasteiger partial charge in [-0.1, -0.05) is 25.7 Å². The van der Waals surface area contributed by atoms with Gasteiger partial charge in [0.25, 0.3) is 0 Å². The lowest BCUT2D eigenvalue weighted by Crippen LogP contribution is -2.54. The quantitative estimate of drug-likeness (QED) is 0.748. The van der Waals surface area contributed by atoms with Crippen LogP contribution in [0.4, 0.5) is 0 Å². The predicted molar refractivity (Wildman–Crippen MR) is 62.8 cm³/mol. The highest BCUT2D eigenvalue weighted by Crippen LogP contribution is 2.35. The third-order valence-electron chi connectivity index (χ3n) is 4.47. The molecule has 15 heavy (non-hydrogen) atoms. The molecule has 0 spiro atoms. The molecule has 0 aromatic heterocycles. The van der Waals surface area contributed by atoms with Gasteiger partial charge in [-0.25, -0.2) is 0 Å². The van der Waals surface area contributed by atoms with Gasteiger partial charge in [0.1, 0.15) is 0 Å². The third kappa shape index (κ3) is 2.54. The Morgan fingerprint density at radius 2 is 1.60 bits per heavy atom. The van der Waals surface area contributed by atoms with Crippen molar-refractivity contribution in [2.75, 3.05) is 6.61 Å².